The number of hydrogen-bond acceptors (Lipinski definition) is 3. The van der Waals surface area contributed by atoms with E-state index in [1.165, 1.54) is 0 Å². The molecule has 2 rings (SSSR count). The SMILES string of the molecule is COCCn1cc(Cl)c(B2OC(C)(C)C(C)(C)O2)c1. The van der Waals surface area contributed by atoms with Gasteiger partial charge in [-0.3, -0.25) is 0 Å². The third kappa shape index (κ3) is 2.84. The molecule has 1 aliphatic rings. The van der Waals surface area contributed by atoms with Crippen LogP contribution in [0, 0.1) is 0 Å². The highest BCUT2D eigenvalue weighted by Crippen LogP contribution is 2.37. The molecule has 4 nitrogen and oxygen atoms in total. The van der Waals surface area contributed by atoms with Crippen LogP contribution in [-0.2, 0) is 20.6 Å². The molecule has 1 aromatic heterocycles. The summed E-state index contributed by atoms with van der Waals surface area (Å²) >= 11 is 6.27. The summed E-state index contributed by atoms with van der Waals surface area (Å²) in [5.41, 5.74) is 0.169. The summed E-state index contributed by atoms with van der Waals surface area (Å²) in [6.45, 7) is 9.53. The molecule has 0 saturated carbocycles. The number of hydrogen-bond donors (Lipinski definition) is 0. The van der Waals surface area contributed by atoms with Crippen LogP contribution in [0.2, 0.25) is 5.02 Å². The number of methoxy groups -OCH3 is 1. The molecule has 0 N–H and O–H groups in total. The molecule has 0 radical (unpaired) electrons. The van der Waals surface area contributed by atoms with Crippen molar-refractivity contribution in [2.24, 2.45) is 0 Å². The van der Waals surface area contributed by atoms with Crippen LogP contribution >= 0.6 is 11.6 Å². The predicted molar refractivity (Wildman–Crippen MR) is 77.0 cm³/mol. The molecule has 0 aromatic carbocycles. The number of nitrogens with zero attached hydrogens (tertiary/aromatic N) is 1. The van der Waals surface area contributed by atoms with Crippen LogP contribution in [0.15, 0.2) is 12.4 Å². The van der Waals surface area contributed by atoms with E-state index in [1.807, 2.05) is 44.7 Å². The van der Waals surface area contributed by atoms with Crippen molar-refractivity contribution >= 4 is 24.2 Å². The summed E-state index contributed by atoms with van der Waals surface area (Å²) in [5.74, 6) is 0. The van der Waals surface area contributed by atoms with E-state index in [9.17, 15) is 0 Å². The molecular formula is C13H21BClNO3. The zero-order valence-corrected chi connectivity index (χ0v) is 13.0. The maximum atomic E-state index is 6.27. The Morgan fingerprint density at radius 1 is 1.21 bits per heavy atom. The number of halogens is 1. The van der Waals surface area contributed by atoms with Crippen LogP contribution in [0.3, 0.4) is 0 Å². The Kier molecular flexibility index (Phi) is 4.03. The van der Waals surface area contributed by atoms with Crippen molar-refractivity contribution in [3.05, 3.63) is 17.4 Å². The highest BCUT2D eigenvalue weighted by atomic mass is 35.5. The maximum absolute atomic E-state index is 6.27. The normalized spacial score (nSPS) is 21.1. The van der Waals surface area contributed by atoms with E-state index in [0.29, 0.717) is 11.6 Å². The zero-order chi connectivity index (χ0) is 14.3. The lowest BCUT2D eigenvalue weighted by atomic mass is 9.81. The maximum Gasteiger partial charge on any atom is 0.497 e. The van der Waals surface area contributed by atoms with E-state index in [1.54, 1.807) is 7.11 Å². The van der Waals surface area contributed by atoms with Gasteiger partial charge in [0.05, 0.1) is 22.8 Å². The van der Waals surface area contributed by atoms with Crippen molar-refractivity contribution in [2.45, 2.75) is 45.4 Å². The van der Waals surface area contributed by atoms with Crippen molar-refractivity contribution in [1.29, 1.82) is 0 Å². The fourth-order valence-corrected chi connectivity index (χ4v) is 2.23. The summed E-state index contributed by atoms with van der Waals surface area (Å²) in [5, 5.41) is 0.662. The van der Waals surface area contributed by atoms with Gasteiger partial charge in [0.25, 0.3) is 0 Å². The number of aromatic nitrogens is 1. The first-order chi connectivity index (χ1) is 8.77. The van der Waals surface area contributed by atoms with Gasteiger partial charge in [-0.15, -0.1) is 0 Å². The second kappa shape index (κ2) is 5.13. The fourth-order valence-electron chi connectivity index (χ4n) is 1.97. The van der Waals surface area contributed by atoms with E-state index >= 15 is 0 Å². The lowest BCUT2D eigenvalue weighted by molar-refractivity contribution is 0.00578. The molecule has 2 heterocycles. The standard InChI is InChI=1S/C13H21BClNO3/c1-12(2)13(3,4)19-14(18-12)10-8-16(6-7-17-5)9-11(10)15/h8-9H,6-7H2,1-5H3. The van der Waals surface area contributed by atoms with Crippen LogP contribution in [0.25, 0.3) is 0 Å². The second-order valence-electron chi connectivity index (χ2n) is 5.88. The first-order valence-electron chi connectivity index (χ1n) is 6.46. The minimum atomic E-state index is -0.415. The first kappa shape index (κ1) is 14.9. The number of rotatable bonds is 4. The van der Waals surface area contributed by atoms with E-state index in [2.05, 4.69) is 0 Å². The lowest BCUT2D eigenvalue weighted by Gasteiger charge is -2.32. The Hall–Kier alpha value is -0.485. The van der Waals surface area contributed by atoms with Gasteiger partial charge >= 0.3 is 7.12 Å². The van der Waals surface area contributed by atoms with Crippen LogP contribution in [0.4, 0.5) is 0 Å². The average Bonchev–Trinajstić information content (AvgIpc) is 2.75. The van der Waals surface area contributed by atoms with Crippen molar-refractivity contribution in [1.82, 2.24) is 4.57 Å². The Morgan fingerprint density at radius 2 is 1.79 bits per heavy atom. The van der Waals surface area contributed by atoms with Crippen molar-refractivity contribution in [3.8, 4) is 0 Å². The molecule has 19 heavy (non-hydrogen) atoms. The minimum Gasteiger partial charge on any atom is -0.399 e. The first-order valence-corrected chi connectivity index (χ1v) is 6.84. The second-order valence-corrected chi connectivity index (χ2v) is 6.29. The van der Waals surface area contributed by atoms with Crippen molar-refractivity contribution in [2.75, 3.05) is 13.7 Å². The quantitative estimate of drug-likeness (QED) is 0.794. The van der Waals surface area contributed by atoms with Gasteiger partial charge in [-0.1, -0.05) is 11.6 Å². The monoisotopic (exact) mass is 285 g/mol. The molecule has 1 aliphatic heterocycles. The van der Waals surface area contributed by atoms with E-state index in [-0.39, 0.29) is 11.2 Å². The molecular weight excluding hydrogens is 264 g/mol. The van der Waals surface area contributed by atoms with Crippen molar-refractivity contribution < 1.29 is 14.0 Å². The molecule has 1 aromatic rings. The van der Waals surface area contributed by atoms with E-state index in [4.69, 9.17) is 25.6 Å². The fraction of sp³-hybridized carbons (Fsp3) is 0.692. The summed E-state index contributed by atoms with van der Waals surface area (Å²) in [4.78, 5) is 0. The summed E-state index contributed by atoms with van der Waals surface area (Å²) in [6.07, 6.45) is 3.84. The van der Waals surface area contributed by atoms with Crippen LogP contribution in [-0.4, -0.2) is 36.6 Å². The highest BCUT2D eigenvalue weighted by molar-refractivity contribution is 6.65. The molecule has 6 heteroatoms. The molecule has 1 saturated heterocycles. The van der Waals surface area contributed by atoms with Gasteiger partial charge in [-0.25, -0.2) is 0 Å². The van der Waals surface area contributed by atoms with Crippen molar-refractivity contribution in [3.63, 3.8) is 0 Å². The minimum absolute atomic E-state index is 0.352. The molecule has 0 bridgehead atoms. The van der Waals surface area contributed by atoms with Gasteiger partial charge < -0.3 is 18.6 Å². The molecule has 0 unspecified atom stereocenters. The molecule has 0 spiro atoms. The third-order valence-corrected chi connectivity index (χ3v) is 4.24. The summed E-state index contributed by atoms with van der Waals surface area (Å²) < 4.78 is 19.0. The molecule has 106 valence electrons. The van der Waals surface area contributed by atoms with Gasteiger partial charge in [0, 0.05) is 31.5 Å². The van der Waals surface area contributed by atoms with Gasteiger partial charge in [-0.2, -0.15) is 0 Å². The lowest BCUT2D eigenvalue weighted by Crippen LogP contribution is -2.41. The molecule has 0 aliphatic carbocycles. The van der Waals surface area contributed by atoms with Crippen LogP contribution < -0.4 is 5.46 Å². The Morgan fingerprint density at radius 3 is 2.32 bits per heavy atom. The smallest absolute Gasteiger partial charge is 0.399 e. The average molecular weight is 286 g/mol. The largest absolute Gasteiger partial charge is 0.497 e. The number of ether oxygens (including phenoxy) is 1. The van der Waals surface area contributed by atoms with Gasteiger partial charge in [0.2, 0.25) is 0 Å². The zero-order valence-electron chi connectivity index (χ0n) is 12.2. The topological polar surface area (TPSA) is 32.6 Å². The summed E-state index contributed by atoms with van der Waals surface area (Å²) in [6, 6.07) is 0. The Labute approximate surface area is 120 Å². The van der Waals surface area contributed by atoms with Crippen LogP contribution in [0.1, 0.15) is 27.7 Å². The van der Waals surface area contributed by atoms with E-state index in [0.717, 1.165) is 12.0 Å². The highest BCUT2D eigenvalue weighted by Gasteiger charge is 2.52. The summed E-state index contributed by atoms with van der Waals surface area (Å²) in [7, 11) is 1.27. The van der Waals surface area contributed by atoms with E-state index < -0.39 is 7.12 Å². The Bertz CT molecular complexity index is 443. The molecule has 0 amide bonds. The molecule has 1 fully saturated rings. The van der Waals surface area contributed by atoms with Gasteiger partial charge in [0.15, 0.2) is 0 Å². The van der Waals surface area contributed by atoms with Crippen LogP contribution in [0.5, 0.6) is 0 Å². The Balaban J connectivity index is 2.18. The van der Waals surface area contributed by atoms with Gasteiger partial charge in [0.1, 0.15) is 0 Å². The predicted octanol–water partition coefficient (Wildman–Crippen LogP) is 2.09. The van der Waals surface area contributed by atoms with Gasteiger partial charge in [-0.05, 0) is 27.7 Å². The molecule has 0 atom stereocenters. The third-order valence-electron chi connectivity index (χ3n) is 3.92.